The molecule has 1 aliphatic heterocycles. The van der Waals surface area contributed by atoms with Crippen LogP contribution in [0.15, 0.2) is 17.4 Å². The fraction of sp³-hybridized carbons (Fsp3) is 0.778. The average Bonchev–Trinajstić information content (AvgIpc) is 2.99. The van der Waals surface area contributed by atoms with Crippen LogP contribution in [-0.4, -0.2) is 59.2 Å². The average molecular weight is 335 g/mol. The van der Waals surface area contributed by atoms with Crippen molar-refractivity contribution in [3.05, 3.63) is 18.2 Å². The first-order valence-electron chi connectivity index (χ1n) is 9.29. The molecule has 0 atom stereocenters. The normalized spacial score (nSPS) is 17.5. The summed E-state index contributed by atoms with van der Waals surface area (Å²) < 4.78 is 2.20. The number of unbranched alkanes of at least 4 members (excludes halogenated alkanes) is 1. The number of imidazole rings is 1. The number of hydrogen-bond acceptors (Lipinski definition) is 3. The van der Waals surface area contributed by atoms with Crippen molar-refractivity contribution in [3.8, 4) is 0 Å². The van der Waals surface area contributed by atoms with Crippen molar-refractivity contribution in [3.63, 3.8) is 0 Å². The molecule has 2 heterocycles. The highest BCUT2D eigenvalue weighted by Gasteiger charge is 2.21. The smallest absolute Gasteiger partial charge is 0.191 e. The molecule has 0 radical (unpaired) electrons. The van der Waals surface area contributed by atoms with Crippen molar-refractivity contribution in [1.29, 1.82) is 0 Å². The monoisotopic (exact) mass is 334 g/mol. The van der Waals surface area contributed by atoms with Crippen LogP contribution < -0.4 is 10.6 Å². The van der Waals surface area contributed by atoms with E-state index < -0.39 is 0 Å². The lowest BCUT2D eigenvalue weighted by Crippen LogP contribution is -2.49. The maximum absolute atomic E-state index is 4.36. The minimum Gasteiger partial charge on any atom is -0.356 e. The maximum atomic E-state index is 4.36. The van der Waals surface area contributed by atoms with Gasteiger partial charge in [-0.15, -0.1) is 0 Å². The summed E-state index contributed by atoms with van der Waals surface area (Å²) >= 11 is 0. The van der Waals surface area contributed by atoms with Gasteiger partial charge in [-0.2, -0.15) is 0 Å². The van der Waals surface area contributed by atoms with Gasteiger partial charge in [-0.25, -0.2) is 4.98 Å². The van der Waals surface area contributed by atoms with Gasteiger partial charge >= 0.3 is 0 Å². The Kier molecular flexibility index (Phi) is 7.56. The van der Waals surface area contributed by atoms with Gasteiger partial charge in [-0.05, 0) is 46.5 Å². The molecule has 24 heavy (non-hydrogen) atoms. The number of nitrogens with zero attached hydrogens (tertiary/aromatic N) is 4. The molecular weight excluding hydrogens is 300 g/mol. The Balaban J connectivity index is 1.60. The van der Waals surface area contributed by atoms with E-state index in [1.165, 1.54) is 25.9 Å². The van der Waals surface area contributed by atoms with Crippen molar-refractivity contribution >= 4 is 5.96 Å². The number of piperidine rings is 1. The third-order valence-electron chi connectivity index (χ3n) is 4.87. The largest absolute Gasteiger partial charge is 0.356 e. The van der Waals surface area contributed by atoms with Gasteiger partial charge in [0.05, 0.1) is 0 Å². The minimum absolute atomic E-state index is 0.541. The van der Waals surface area contributed by atoms with E-state index in [-0.39, 0.29) is 0 Å². The van der Waals surface area contributed by atoms with E-state index in [4.69, 9.17) is 0 Å². The highest BCUT2D eigenvalue weighted by atomic mass is 15.2. The van der Waals surface area contributed by atoms with Crippen LogP contribution in [0.3, 0.4) is 0 Å². The Morgan fingerprint density at radius 1 is 1.33 bits per heavy atom. The Morgan fingerprint density at radius 2 is 2.08 bits per heavy atom. The van der Waals surface area contributed by atoms with E-state index in [0.29, 0.717) is 12.1 Å². The summed E-state index contributed by atoms with van der Waals surface area (Å²) in [6.07, 6.45) is 8.58. The van der Waals surface area contributed by atoms with Gasteiger partial charge in [-0.1, -0.05) is 0 Å². The van der Waals surface area contributed by atoms with Crippen LogP contribution in [0.1, 0.15) is 45.4 Å². The molecule has 1 aromatic heterocycles. The molecule has 1 aromatic rings. The quantitative estimate of drug-likeness (QED) is 0.455. The second-order valence-electron chi connectivity index (χ2n) is 6.92. The summed E-state index contributed by atoms with van der Waals surface area (Å²) in [6.45, 7) is 11.0. The van der Waals surface area contributed by atoms with Gasteiger partial charge in [0.1, 0.15) is 5.82 Å². The maximum Gasteiger partial charge on any atom is 0.191 e. The summed E-state index contributed by atoms with van der Waals surface area (Å²) in [6, 6.07) is 1.20. The lowest BCUT2D eigenvalue weighted by atomic mass is 10.0. The van der Waals surface area contributed by atoms with Crippen molar-refractivity contribution in [2.45, 2.75) is 65.1 Å². The zero-order valence-electron chi connectivity index (χ0n) is 15.8. The highest BCUT2D eigenvalue weighted by molar-refractivity contribution is 5.79. The third-order valence-corrected chi connectivity index (χ3v) is 4.87. The Hall–Kier alpha value is -1.56. The molecule has 0 unspecified atom stereocenters. The Labute approximate surface area is 146 Å². The molecule has 1 fully saturated rings. The van der Waals surface area contributed by atoms with E-state index in [0.717, 1.165) is 37.7 Å². The summed E-state index contributed by atoms with van der Waals surface area (Å²) in [5.74, 6) is 2.03. The molecule has 0 amide bonds. The first-order valence-corrected chi connectivity index (χ1v) is 9.29. The second-order valence-corrected chi connectivity index (χ2v) is 6.92. The van der Waals surface area contributed by atoms with Crippen LogP contribution in [0.25, 0.3) is 0 Å². The number of nitrogens with one attached hydrogen (secondary N) is 2. The first-order chi connectivity index (χ1) is 11.6. The fourth-order valence-corrected chi connectivity index (χ4v) is 3.20. The lowest BCUT2D eigenvalue weighted by molar-refractivity contribution is 0.167. The van der Waals surface area contributed by atoms with Crippen molar-refractivity contribution in [2.75, 3.05) is 26.7 Å². The van der Waals surface area contributed by atoms with Crippen LogP contribution >= 0.6 is 0 Å². The molecule has 6 heteroatoms. The molecule has 1 aliphatic rings. The molecule has 0 aliphatic carbocycles. The van der Waals surface area contributed by atoms with Crippen LogP contribution in [0.2, 0.25) is 0 Å². The molecule has 0 aromatic carbocycles. The van der Waals surface area contributed by atoms with Gasteiger partial charge in [0, 0.05) is 57.7 Å². The standard InChI is InChI=1S/C18H34N6/c1-15(2)23-12-7-17(8-13-23)22-18(19-4)21-9-5-6-11-24-14-10-20-16(24)3/h10,14-15,17H,5-9,11-13H2,1-4H3,(H2,19,21,22). The number of hydrogen-bond donors (Lipinski definition) is 2. The number of aliphatic imine (C=N–C) groups is 1. The molecule has 6 nitrogen and oxygen atoms in total. The van der Waals surface area contributed by atoms with Crippen molar-refractivity contribution < 1.29 is 0 Å². The van der Waals surface area contributed by atoms with Crippen molar-refractivity contribution in [2.24, 2.45) is 4.99 Å². The van der Waals surface area contributed by atoms with Crippen LogP contribution in [-0.2, 0) is 6.54 Å². The van der Waals surface area contributed by atoms with Gasteiger partial charge in [0.2, 0.25) is 0 Å². The third kappa shape index (κ3) is 5.82. The molecular formula is C18H34N6. The Bertz CT molecular complexity index is 499. The fourth-order valence-electron chi connectivity index (χ4n) is 3.20. The van der Waals surface area contributed by atoms with Crippen LogP contribution in [0.4, 0.5) is 0 Å². The van der Waals surface area contributed by atoms with Gasteiger partial charge in [-0.3, -0.25) is 4.99 Å². The molecule has 2 rings (SSSR count). The summed E-state index contributed by atoms with van der Waals surface area (Å²) in [5.41, 5.74) is 0. The van der Waals surface area contributed by atoms with E-state index in [9.17, 15) is 0 Å². The molecule has 2 N–H and O–H groups in total. The van der Waals surface area contributed by atoms with E-state index in [1.807, 2.05) is 19.4 Å². The van der Waals surface area contributed by atoms with E-state index in [2.05, 4.69) is 50.8 Å². The number of rotatable bonds is 7. The lowest BCUT2D eigenvalue weighted by Gasteiger charge is -2.35. The zero-order chi connectivity index (χ0) is 17.4. The molecule has 1 saturated heterocycles. The number of guanidine groups is 1. The molecule has 0 saturated carbocycles. The number of aryl methyl sites for hydroxylation is 2. The summed E-state index contributed by atoms with van der Waals surface area (Å²) in [7, 11) is 1.85. The number of aromatic nitrogens is 2. The first kappa shape index (κ1) is 18.8. The van der Waals surface area contributed by atoms with Gasteiger partial charge in [0.15, 0.2) is 5.96 Å². The molecule has 0 bridgehead atoms. The topological polar surface area (TPSA) is 57.5 Å². The zero-order valence-corrected chi connectivity index (χ0v) is 15.8. The van der Waals surface area contributed by atoms with Crippen LogP contribution in [0, 0.1) is 6.92 Å². The second kappa shape index (κ2) is 9.67. The predicted molar refractivity (Wildman–Crippen MR) is 100 cm³/mol. The van der Waals surface area contributed by atoms with E-state index in [1.54, 1.807) is 0 Å². The molecule has 0 spiro atoms. The molecule has 136 valence electrons. The van der Waals surface area contributed by atoms with Gasteiger partial charge < -0.3 is 20.1 Å². The predicted octanol–water partition coefficient (Wildman–Crippen LogP) is 2.01. The van der Waals surface area contributed by atoms with Crippen molar-refractivity contribution in [1.82, 2.24) is 25.1 Å². The minimum atomic E-state index is 0.541. The summed E-state index contributed by atoms with van der Waals surface area (Å²) in [5, 5.41) is 7.02. The SMILES string of the molecule is CN=C(NCCCCn1ccnc1C)NC1CCN(C(C)C)CC1. The number of likely N-dealkylation sites (tertiary alicyclic amines) is 1. The Morgan fingerprint density at radius 3 is 2.67 bits per heavy atom. The summed E-state index contributed by atoms with van der Waals surface area (Å²) in [4.78, 5) is 11.2. The highest BCUT2D eigenvalue weighted by Crippen LogP contribution is 2.12. The van der Waals surface area contributed by atoms with E-state index >= 15 is 0 Å². The van der Waals surface area contributed by atoms with Crippen LogP contribution in [0.5, 0.6) is 0 Å². The van der Waals surface area contributed by atoms with Gasteiger partial charge in [0.25, 0.3) is 0 Å².